The highest BCUT2D eigenvalue weighted by atomic mass is 16.7. The fourth-order valence-electron chi connectivity index (χ4n) is 2.72. The van der Waals surface area contributed by atoms with Crippen molar-refractivity contribution >= 4 is 17.6 Å². The van der Waals surface area contributed by atoms with E-state index in [0.717, 1.165) is 0 Å². The molecule has 3 N–H and O–H groups in total. The molecule has 0 unspecified atom stereocenters. The van der Waals surface area contributed by atoms with E-state index >= 15 is 0 Å². The fraction of sp³-hybridized carbons (Fsp3) is 0.312. The number of H-pyrrole nitrogens is 1. The molecular weight excluding hydrogens is 310 g/mol. The van der Waals surface area contributed by atoms with Crippen LogP contribution >= 0.6 is 0 Å². The zero-order valence-corrected chi connectivity index (χ0v) is 13.4. The number of carbonyl (C=O) groups excluding carboxylic acids is 1. The summed E-state index contributed by atoms with van der Waals surface area (Å²) < 4.78 is 0. The van der Waals surface area contributed by atoms with Gasteiger partial charge in [-0.15, -0.1) is 5.06 Å². The van der Waals surface area contributed by atoms with Gasteiger partial charge in [0.15, 0.2) is 0 Å². The number of benzene rings is 1. The van der Waals surface area contributed by atoms with Gasteiger partial charge in [-0.1, -0.05) is 18.2 Å². The highest BCUT2D eigenvalue weighted by Gasteiger charge is 2.24. The third kappa shape index (κ3) is 3.38. The molecule has 1 aromatic carbocycles. The summed E-state index contributed by atoms with van der Waals surface area (Å²) in [5.41, 5.74) is 6.89. The third-order valence-electron chi connectivity index (χ3n) is 3.86. The van der Waals surface area contributed by atoms with Crippen molar-refractivity contribution in [3.8, 4) is 0 Å². The van der Waals surface area contributed by atoms with Crippen molar-refractivity contribution in [1.82, 2.24) is 15.0 Å². The molecule has 1 fully saturated rings. The fourth-order valence-corrected chi connectivity index (χ4v) is 2.72. The van der Waals surface area contributed by atoms with Crippen LogP contribution in [0.4, 0.5) is 11.6 Å². The van der Waals surface area contributed by atoms with Crippen LogP contribution in [-0.4, -0.2) is 47.2 Å². The van der Waals surface area contributed by atoms with Gasteiger partial charge in [0.2, 0.25) is 5.95 Å². The first-order valence-corrected chi connectivity index (χ1v) is 7.68. The van der Waals surface area contributed by atoms with Gasteiger partial charge in [-0.05, 0) is 19.1 Å². The zero-order chi connectivity index (χ0) is 17.1. The number of hydroxylamine groups is 2. The number of hydrogen-bond acceptors (Lipinski definition) is 7. The molecule has 8 nitrogen and oxygen atoms in total. The van der Waals surface area contributed by atoms with Gasteiger partial charge in [-0.3, -0.25) is 9.78 Å². The Labute approximate surface area is 138 Å². The number of rotatable bonds is 3. The first-order valence-electron chi connectivity index (χ1n) is 7.68. The summed E-state index contributed by atoms with van der Waals surface area (Å²) in [5, 5.41) is 1.61. The molecule has 2 aromatic rings. The molecule has 2 heterocycles. The second-order valence-corrected chi connectivity index (χ2v) is 5.55. The molecule has 0 spiro atoms. The Morgan fingerprint density at radius 2 is 1.88 bits per heavy atom. The number of nitrogen functional groups attached to an aromatic ring is 1. The van der Waals surface area contributed by atoms with Gasteiger partial charge in [0.25, 0.3) is 5.56 Å². The van der Waals surface area contributed by atoms with Gasteiger partial charge < -0.3 is 15.5 Å². The Kier molecular flexibility index (Phi) is 4.48. The molecule has 24 heavy (non-hydrogen) atoms. The van der Waals surface area contributed by atoms with E-state index in [0.29, 0.717) is 43.1 Å². The number of nitrogens with one attached hydrogen (secondary N) is 1. The van der Waals surface area contributed by atoms with Crippen molar-refractivity contribution < 1.29 is 9.63 Å². The summed E-state index contributed by atoms with van der Waals surface area (Å²) in [4.78, 5) is 38.1. The first kappa shape index (κ1) is 16.0. The summed E-state index contributed by atoms with van der Waals surface area (Å²) in [6.07, 6.45) is 0. The van der Waals surface area contributed by atoms with E-state index in [1.807, 2.05) is 11.0 Å². The Bertz CT molecular complexity index is 782. The summed E-state index contributed by atoms with van der Waals surface area (Å²) >= 11 is 0. The molecule has 1 aliphatic heterocycles. The maximum atomic E-state index is 12.1. The van der Waals surface area contributed by atoms with Crippen molar-refractivity contribution in [2.45, 2.75) is 6.92 Å². The summed E-state index contributed by atoms with van der Waals surface area (Å²) in [7, 11) is 0. The number of anilines is 2. The Morgan fingerprint density at radius 1 is 1.21 bits per heavy atom. The Balaban J connectivity index is 1.62. The predicted octanol–water partition coefficient (Wildman–Crippen LogP) is 0.555. The zero-order valence-electron chi connectivity index (χ0n) is 13.4. The quantitative estimate of drug-likeness (QED) is 0.847. The summed E-state index contributed by atoms with van der Waals surface area (Å²) in [6.45, 7) is 3.86. The van der Waals surface area contributed by atoms with Crippen LogP contribution in [0, 0.1) is 6.92 Å². The van der Waals surface area contributed by atoms with E-state index in [4.69, 9.17) is 10.6 Å². The average Bonchev–Trinajstić information content (AvgIpc) is 2.56. The van der Waals surface area contributed by atoms with Gasteiger partial charge >= 0.3 is 5.97 Å². The molecule has 0 saturated carbocycles. The van der Waals surface area contributed by atoms with Crippen molar-refractivity contribution in [3.05, 3.63) is 51.9 Å². The largest absolute Gasteiger partial charge is 0.369 e. The molecular formula is C16H19N5O3. The van der Waals surface area contributed by atoms with Crippen LogP contribution in [0.5, 0.6) is 0 Å². The Hall–Kier alpha value is -2.87. The number of nitrogens with two attached hydrogens (primary N) is 1. The number of carbonyl (C=O) groups is 1. The number of aryl methyl sites for hydroxylation is 1. The van der Waals surface area contributed by atoms with Crippen molar-refractivity contribution in [1.29, 1.82) is 0 Å². The van der Waals surface area contributed by atoms with Crippen LogP contribution in [-0.2, 0) is 4.84 Å². The van der Waals surface area contributed by atoms with Crippen LogP contribution in [0.15, 0.2) is 35.1 Å². The number of hydrogen-bond donors (Lipinski definition) is 2. The number of aromatic amines is 1. The van der Waals surface area contributed by atoms with Crippen LogP contribution < -0.4 is 16.2 Å². The molecule has 1 saturated heterocycles. The van der Waals surface area contributed by atoms with Crippen molar-refractivity contribution in [2.24, 2.45) is 0 Å². The molecule has 3 rings (SSSR count). The molecule has 8 heteroatoms. The van der Waals surface area contributed by atoms with Gasteiger partial charge in [0.1, 0.15) is 5.69 Å². The minimum Gasteiger partial charge on any atom is -0.369 e. The van der Waals surface area contributed by atoms with Crippen LogP contribution in [0.25, 0.3) is 0 Å². The second kappa shape index (κ2) is 6.71. The highest BCUT2D eigenvalue weighted by Crippen LogP contribution is 2.16. The standard InChI is InChI=1S/C16H19N5O3/c1-11-13(14(22)19-16(17)18-11)20-7-9-21(10-8-20)24-15(23)12-5-3-2-4-6-12/h2-6H,7-10H2,1H3,(H3,17,18,19,22). The van der Waals surface area contributed by atoms with Gasteiger partial charge in [-0.25, -0.2) is 9.78 Å². The Morgan fingerprint density at radius 3 is 2.50 bits per heavy atom. The topological polar surface area (TPSA) is 105 Å². The van der Waals surface area contributed by atoms with Crippen LogP contribution in [0.3, 0.4) is 0 Å². The van der Waals surface area contributed by atoms with E-state index in [1.165, 1.54) is 0 Å². The SMILES string of the molecule is Cc1nc(N)[nH]c(=O)c1N1CCN(OC(=O)c2ccccc2)CC1. The van der Waals surface area contributed by atoms with E-state index in [1.54, 1.807) is 36.3 Å². The summed E-state index contributed by atoms with van der Waals surface area (Å²) in [6, 6.07) is 8.84. The van der Waals surface area contributed by atoms with Crippen LogP contribution in [0.2, 0.25) is 0 Å². The van der Waals surface area contributed by atoms with Crippen LogP contribution in [0.1, 0.15) is 16.1 Å². The molecule has 0 amide bonds. The van der Waals surface area contributed by atoms with E-state index in [2.05, 4.69) is 9.97 Å². The minimum atomic E-state index is -0.382. The molecule has 0 aliphatic carbocycles. The maximum absolute atomic E-state index is 12.1. The lowest BCUT2D eigenvalue weighted by molar-refractivity contribution is -0.112. The van der Waals surface area contributed by atoms with Crippen molar-refractivity contribution in [2.75, 3.05) is 36.8 Å². The first-order chi connectivity index (χ1) is 11.5. The maximum Gasteiger partial charge on any atom is 0.357 e. The molecule has 126 valence electrons. The predicted molar refractivity (Wildman–Crippen MR) is 89.7 cm³/mol. The minimum absolute atomic E-state index is 0.108. The van der Waals surface area contributed by atoms with Crippen molar-refractivity contribution in [3.63, 3.8) is 0 Å². The number of aromatic nitrogens is 2. The second-order valence-electron chi connectivity index (χ2n) is 5.55. The lowest BCUT2D eigenvalue weighted by atomic mass is 10.2. The van der Waals surface area contributed by atoms with Gasteiger partial charge in [-0.2, -0.15) is 0 Å². The summed E-state index contributed by atoms with van der Waals surface area (Å²) in [5.74, 6) is -0.274. The lowest BCUT2D eigenvalue weighted by Crippen LogP contribution is -2.48. The van der Waals surface area contributed by atoms with Gasteiger partial charge in [0.05, 0.1) is 24.3 Å². The molecule has 0 bridgehead atoms. The average molecular weight is 329 g/mol. The molecule has 1 aliphatic rings. The smallest absolute Gasteiger partial charge is 0.357 e. The normalized spacial score (nSPS) is 15.3. The van der Waals surface area contributed by atoms with E-state index in [9.17, 15) is 9.59 Å². The number of piperazine rings is 1. The lowest BCUT2D eigenvalue weighted by Gasteiger charge is -2.34. The van der Waals surface area contributed by atoms with E-state index in [-0.39, 0.29) is 17.5 Å². The molecule has 0 atom stereocenters. The van der Waals surface area contributed by atoms with E-state index < -0.39 is 0 Å². The number of nitrogens with zero attached hydrogens (tertiary/aromatic N) is 3. The highest BCUT2D eigenvalue weighted by molar-refractivity contribution is 5.89. The third-order valence-corrected chi connectivity index (χ3v) is 3.86. The molecule has 0 radical (unpaired) electrons. The molecule has 1 aromatic heterocycles. The van der Waals surface area contributed by atoms with Gasteiger partial charge in [0, 0.05) is 13.1 Å². The monoisotopic (exact) mass is 329 g/mol.